The minimum atomic E-state index is -3.00. The lowest BCUT2D eigenvalue weighted by Gasteiger charge is -2.11. The molecular weight excluding hydrogens is 303 g/mol. The van der Waals surface area contributed by atoms with Crippen LogP contribution in [0.4, 0.5) is 18.9 Å². The predicted molar refractivity (Wildman–Crippen MR) is 74.7 cm³/mol. The Kier molecular flexibility index (Phi) is 4.74. The van der Waals surface area contributed by atoms with Crippen molar-refractivity contribution in [1.29, 1.82) is 0 Å². The molecular formula is C14H10F3NO2S. The second-order valence-electron chi connectivity index (χ2n) is 3.99. The lowest BCUT2D eigenvalue weighted by atomic mass is 10.2. The van der Waals surface area contributed by atoms with E-state index in [0.29, 0.717) is 0 Å². The maximum Gasteiger partial charge on any atom is 0.387 e. The van der Waals surface area contributed by atoms with Gasteiger partial charge in [0.05, 0.1) is 5.69 Å². The van der Waals surface area contributed by atoms with Crippen molar-refractivity contribution in [2.24, 2.45) is 0 Å². The van der Waals surface area contributed by atoms with Gasteiger partial charge in [-0.2, -0.15) is 8.78 Å². The van der Waals surface area contributed by atoms with E-state index >= 15 is 0 Å². The number of hydrogen-bond donors (Lipinski definition) is 2. The molecule has 0 aromatic heterocycles. The summed E-state index contributed by atoms with van der Waals surface area (Å²) in [5.41, 5.74) is 0.237. The molecule has 0 saturated carbocycles. The topological polar surface area (TPSA) is 38.3 Å². The zero-order valence-electron chi connectivity index (χ0n) is 10.5. The van der Waals surface area contributed by atoms with Crippen molar-refractivity contribution in [3.05, 3.63) is 53.8 Å². The lowest BCUT2D eigenvalue weighted by Crippen LogP contribution is -2.14. The Labute approximate surface area is 124 Å². The van der Waals surface area contributed by atoms with Crippen molar-refractivity contribution in [3.8, 4) is 5.75 Å². The second kappa shape index (κ2) is 6.53. The van der Waals surface area contributed by atoms with E-state index in [1.165, 1.54) is 30.3 Å². The minimum absolute atomic E-state index is 0.0137. The van der Waals surface area contributed by atoms with E-state index in [-0.39, 0.29) is 21.9 Å². The summed E-state index contributed by atoms with van der Waals surface area (Å²) < 4.78 is 41.9. The van der Waals surface area contributed by atoms with Gasteiger partial charge in [-0.25, -0.2) is 4.39 Å². The molecule has 110 valence electrons. The van der Waals surface area contributed by atoms with Crippen LogP contribution in [0.3, 0.4) is 0 Å². The molecule has 3 nitrogen and oxygen atoms in total. The van der Waals surface area contributed by atoms with Gasteiger partial charge in [-0.05, 0) is 30.3 Å². The Bertz CT molecular complexity index is 664. The first kappa shape index (κ1) is 15.2. The highest BCUT2D eigenvalue weighted by Gasteiger charge is 2.13. The van der Waals surface area contributed by atoms with Crippen LogP contribution in [0.5, 0.6) is 5.75 Å². The molecule has 7 heteroatoms. The van der Waals surface area contributed by atoms with Gasteiger partial charge in [-0.15, -0.1) is 12.6 Å². The summed E-state index contributed by atoms with van der Waals surface area (Å²) in [6.45, 7) is -3.00. The van der Waals surface area contributed by atoms with Crippen LogP contribution in [0.15, 0.2) is 47.4 Å². The number of halogens is 3. The van der Waals surface area contributed by atoms with Crippen molar-refractivity contribution in [2.45, 2.75) is 11.5 Å². The quantitative estimate of drug-likeness (QED) is 0.838. The Morgan fingerprint density at radius 2 is 1.90 bits per heavy atom. The summed E-state index contributed by atoms with van der Waals surface area (Å²) in [6, 6.07) is 9.38. The van der Waals surface area contributed by atoms with Gasteiger partial charge in [-0.3, -0.25) is 4.79 Å². The Morgan fingerprint density at radius 3 is 2.57 bits per heavy atom. The molecule has 2 rings (SSSR count). The van der Waals surface area contributed by atoms with Gasteiger partial charge in [0.2, 0.25) is 0 Å². The van der Waals surface area contributed by atoms with Gasteiger partial charge < -0.3 is 10.1 Å². The van der Waals surface area contributed by atoms with Crippen LogP contribution >= 0.6 is 12.6 Å². The number of para-hydroxylation sites is 2. The largest absolute Gasteiger partial charge is 0.433 e. The highest BCUT2D eigenvalue weighted by atomic mass is 32.1. The van der Waals surface area contributed by atoms with Crippen molar-refractivity contribution in [1.82, 2.24) is 0 Å². The Morgan fingerprint density at radius 1 is 1.19 bits per heavy atom. The fourth-order valence-electron chi connectivity index (χ4n) is 1.62. The zero-order chi connectivity index (χ0) is 15.4. The second-order valence-corrected chi connectivity index (χ2v) is 4.48. The number of thiol groups is 1. The van der Waals surface area contributed by atoms with Crippen LogP contribution in [0.25, 0.3) is 0 Å². The van der Waals surface area contributed by atoms with E-state index in [0.717, 1.165) is 6.07 Å². The van der Waals surface area contributed by atoms with Gasteiger partial charge in [0.1, 0.15) is 11.6 Å². The van der Waals surface area contributed by atoms with E-state index in [9.17, 15) is 18.0 Å². The maximum atomic E-state index is 13.1. The third-order valence-electron chi connectivity index (χ3n) is 2.56. The predicted octanol–water partition coefficient (Wildman–Crippen LogP) is 3.97. The van der Waals surface area contributed by atoms with E-state index in [4.69, 9.17) is 0 Å². The Balaban J connectivity index is 2.21. The molecule has 0 radical (unpaired) electrons. The van der Waals surface area contributed by atoms with E-state index in [1.54, 1.807) is 6.07 Å². The summed E-state index contributed by atoms with van der Waals surface area (Å²) in [6.07, 6.45) is 0. The first-order chi connectivity index (χ1) is 9.97. The third kappa shape index (κ3) is 3.91. The highest BCUT2D eigenvalue weighted by molar-refractivity contribution is 7.80. The average molecular weight is 313 g/mol. The third-order valence-corrected chi connectivity index (χ3v) is 2.90. The molecule has 2 aromatic rings. The highest BCUT2D eigenvalue weighted by Crippen LogP contribution is 2.26. The number of carbonyl (C=O) groups excluding carboxylic acids is 1. The Hall–Kier alpha value is -2.15. The number of amides is 1. The molecule has 0 aliphatic heterocycles. The molecule has 0 atom stereocenters. The smallest absolute Gasteiger partial charge is 0.387 e. The average Bonchev–Trinajstić information content (AvgIpc) is 2.43. The maximum absolute atomic E-state index is 13.1. The van der Waals surface area contributed by atoms with E-state index < -0.39 is 18.3 Å². The number of ether oxygens (including phenoxy) is 1. The minimum Gasteiger partial charge on any atom is -0.433 e. The molecule has 0 fully saturated rings. The molecule has 0 unspecified atom stereocenters. The molecule has 1 N–H and O–H groups in total. The van der Waals surface area contributed by atoms with E-state index in [2.05, 4.69) is 22.7 Å². The summed E-state index contributed by atoms with van der Waals surface area (Å²) >= 11 is 3.88. The van der Waals surface area contributed by atoms with Crippen LogP contribution in [-0.4, -0.2) is 12.5 Å². The van der Waals surface area contributed by atoms with Crippen LogP contribution in [0.2, 0.25) is 0 Å². The summed E-state index contributed by atoms with van der Waals surface area (Å²) in [4.78, 5) is 12.0. The number of alkyl halides is 2. The van der Waals surface area contributed by atoms with Crippen molar-refractivity contribution in [3.63, 3.8) is 0 Å². The van der Waals surface area contributed by atoms with Crippen LogP contribution < -0.4 is 10.1 Å². The first-order valence-corrected chi connectivity index (χ1v) is 6.26. The normalized spacial score (nSPS) is 10.5. The van der Waals surface area contributed by atoms with Crippen LogP contribution in [0, 0.1) is 5.82 Å². The summed E-state index contributed by atoms with van der Waals surface area (Å²) in [5, 5.41) is 2.43. The SMILES string of the molecule is O=C(Nc1ccccc1OC(F)F)c1ccc(F)c(S)c1. The van der Waals surface area contributed by atoms with Crippen molar-refractivity contribution in [2.75, 3.05) is 5.32 Å². The molecule has 21 heavy (non-hydrogen) atoms. The zero-order valence-corrected chi connectivity index (χ0v) is 11.4. The standard InChI is InChI=1S/C14H10F3NO2S/c15-9-6-5-8(7-12(9)21)13(19)18-10-3-1-2-4-11(10)20-14(16)17/h1-7,14,21H,(H,18,19). The molecule has 0 bridgehead atoms. The van der Waals surface area contributed by atoms with Crippen molar-refractivity contribution < 1.29 is 22.7 Å². The molecule has 0 heterocycles. The molecule has 0 spiro atoms. The molecule has 0 saturated heterocycles. The lowest BCUT2D eigenvalue weighted by molar-refractivity contribution is -0.0493. The van der Waals surface area contributed by atoms with Gasteiger partial charge in [0, 0.05) is 10.5 Å². The molecule has 2 aromatic carbocycles. The monoisotopic (exact) mass is 313 g/mol. The van der Waals surface area contributed by atoms with Gasteiger partial charge in [-0.1, -0.05) is 12.1 Å². The molecule has 0 aliphatic rings. The van der Waals surface area contributed by atoms with Crippen LogP contribution in [0.1, 0.15) is 10.4 Å². The number of anilines is 1. The fourth-order valence-corrected chi connectivity index (χ4v) is 1.83. The van der Waals surface area contributed by atoms with E-state index in [1.807, 2.05) is 0 Å². The number of benzene rings is 2. The molecule has 0 aliphatic carbocycles. The van der Waals surface area contributed by atoms with Gasteiger partial charge in [0.15, 0.2) is 0 Å². The molecule has 1 amide bonds. The number of carbonyl (C=O) groups is 1. The van der Waals surface area contributed by atoms with Gasteiger partial charge in [0.25, 0.3) is 5.91 Å². The summed E-state index contributed by atoms with van der Waals surface area (Å²) in [5.74, 6) is -1.30. The number of hydrogen-bond acceptors (Lipinski definition) is 3. The van der Waals surface area contributed by atoms with Gasteiger partial charge >= 0.3 is 6.61 Å². The number of nitrogens with one attached hydrogen (secondary N) is 1. The summed E-state index contributed by atoms with van der Waals surface area (Å²) in [7, 11) is 0. The fraction of sp³-hybridized carbons (Fsp3) is 0.0714. The van der Waals surface area contributed by atoms with Crippen molar-refractivity contribution >= 4 is 24.2 Å². The first-order valence-electron chi connectivity index (χ1n) is 5.81. The van der Waals surface area contributed by atoms with Crippen LogP contribution in [-0.2, 0) is 0 Å². The number of rotatable bonds is 4.